The number of ether oxygens (including phenoxy) is 1. The molecular weight excluding hydrogens is 274 g/mol. The molecule has 2 aromatic rings. The molecule has 0 aliphatic rings. The number of hydrogen-bond donors (Lipinski definition) is 1. The molecule has 0 radical (unpaired) electrons. The lowest BCUT2D eigenvalue weighted by atomic mass is 10.2. The number of nitrogens with one attached hydrogen (secondary N) is 1. The van der Waals surface area contributed by atoms with Crippen LogP contribution in [-0.2, 0) is 0 Å². The van der Waals surface area contributed by atoms with E-state index in [2.05, 4.69) is 15.4 Å². The van der Waals surface area contributed by atoms with Gasteiger partial charge in [0, 0.05) is 19.3 Å². The Labute approximate surface area is 120 Å². The Hall–Kier alpha value is -3.21. The van der Waals surface area contributed by atoms with Gasteiger partial charge in [-0.15, -0.1) is 0 Å². The van der Waals surface area contributed by atoms with E-state index in [0.29, 0.717) is 17.9 Å². The predicted octanol–water partition coefficient (Wildman–Crippen LogP) is 0.320. The van der Waals surface area contributed by atoms with Gasteiger partial charge in [0.1, 0.15) is 17.4 Å². The minimum atomic E-state index is -0.475. The third-order valence-corrected chi connectivity index (χ3v) is 2.74. The molecule has 0 aliphatic carbocycles. The van der Waals surface area contributed by atoms with Crippen LogP contribution in [0.5, 0.6) is 5.75 Å². The number of aldehydes is 1. The summed E-state index contributed by atoms with van der Waals surface area (Å²) in [5.41, 5.74) is 0.410. The number of aromatic nitrogens is 3. The first-order valence-corrected chi connectivity index (χ1v) is 5.86. The SMILES string of the molecule is CNC(=O)c1nn(-c2cc(OC)c(C#N)cn2)cc1C=O. The van der Waals surface area contributed by atoms with Crippen molar-refractivity contribution in [2.24, 2.45) is 0 Å². The van der Waals surface area contributed by atoms with Crippen LogP contribution in [0.2, 0.25) is 0 Å². The Balaban J connectivity index is 2.52. The first kappa shape index (κ1) is 14.2. The largest absolute Gasteiger partial charge is 0.495 e. The molecule has 0 unspecified atom stereocenters. The average Bonchev–Trinajstić information content (AvgIpc) is 2.97. The van der Waals surface area contributed by atoms with Gasteiger partial charge in [-0.1, -0.05) is 0 Å². The summed E-state index contributed by atoms with van der Waals surface area (Å²) in [4.78, 5) is 26.7. The fourth-order valence-corrected chi connectivity index (χ4v) is 1.69. The fraction of sp³-hybridized carbons (Fsp3) is 0.154. The number of carbonyl (C=O) groups excluding carboxylic acids is 2. The van der Waals surface area contributed by atoms with Gasteiger partial charge >= 0.3 is 0 Å². The van der Waals surface area contributed by atoms with Crippen molar-refractivity contribution in [3.05, 3.63) is 35.3 Å². The molecule has 8 nitrogen and oxygen atoms in total. The van der Waals surface area contributed by atoms with Gasteiger partial charge in [-0.05, 0) is 0 Å². The first-order chi connectivity index (χ1) is 10.1. The van der Waals surface area contributed by atoms with Gasteiger partial charge in [0.25, 0.3) is 5.91 Å². The van der Waals surface area contributed by atoms with E-state index in [4.69, 9.17) is 10.00 Å². The van der Waals surface area contributed by atoms with Crippen molar-refractivity contribution in [3.63, 3.8) is 0 Å². The zero-order valence-corrected chi connectivity index (χ0v) is 11.3. The molecule has 8 heteroatoms. The van der Waals surface area contributed by atoms with Crippen LogP contribution in [0.4, 0.5) is 0 Å². The highest BCUT2D eigenvalue weighted by Crippen LogP contribution is 2.19. The van der Waals surface area contributed by atoms with E-state index >= 15 is 0 Å². The van der Waals surface area contributed by atoms with E-state index in [-0.39, 0.29) is 16.8 Å². The quantitative estimate of drug-likeness (QED) is 0.810. The van der Waals surface area contributed by atoms with Crippen molar-refractivity contribution in [1.29, 1.82) is 5.26 Å². The molecule has 106 valence electrons. The van der Waals surface area contributed by atoms with Crippen LogP contribution in [0.15, 0.2) is 18.5 Å². The van der Waals surface area contributed by atoms with Crippen LogP contribution in [0.25, 0.3) is 5.82 Å². The van der Waals surface area contributed by atoms with E-state index < -0.39 is 5.91 Å². The predicted molar refractivity (Wildman–Crippen MR) is 71.4 cm³/mol. The number of pyridine rings is 1. The minimum Gasteiger partial charge on any atom is -0.495 e. The first-order valence-electron chi connectivity index (χ1n) is 5.86. The van der Waals surface area contributed by atoms with E-state index in [1.807, 2.05) is 6.07 Å². The van der Waals surface area contributed by atoms with Crippen LogP contribution in [0, 0.1) is 11.3 Å². The maximum atomic E-state index is 11.6. The lowest BCUT2D eigenvalue weighted by molar-refractivity contribution is 0.0952. The van der Waals surface area contributed by atoms with Crippen LogP contribution in [-0.4, -0.2) is 41.1 Å². The van der Waals surface area contributed by atoms with Gasteiger partial charge in [-0.25, -0.2) is 9.67 Å². The highest BCUT2D eigenvalue weighted by Gasteiger charge is 2.17. The summed E-state index contributed by atoms with van der Waals surface area (Å²) in [6.07, 6.45) is 3.25. The summed E-state index contributed by atoms with van der Waals surface area (Å²) in [6.45, 7) is 0. The zero-order chi connectivity index (χ0) is 15.4. The number of hydrogen-bond acceptors (Lipinski definition) is 6. The number of nitrogens with zero attached hydrogens (tertiary/aromatic N) is 4. The van der Waals surface area contributed by atoms with Gasteiger partial charge in [-0.2, -0.15) is 10.4 Å². The highest BCUT2D eigenvalue weighted by atomic mass is 16.5. The third-order valence-electron chi connectivity index (χ3n) is 2.74. The van der Waals surface area contributed by atoms with Crippen molar-refractivity contribution < 1.29 is 14.3 Å². The molecule has 0 aliphatic heterocycles. The summed E-state index contributed by atoms with van der Waals surface area (Å²) >= 11 is 0. The Bertz CT molecular complexity index is 745. The molecule has 0 saturated carbocycles. The molecule has 0 spiro atoms. The maximum absolute atomic E-state index is 11.6. The Morgan fingerprint density at radius 1 is 1.57 bits per heavy atom. The van der Waals surface area contributed by atoms with Gasteiger partial charge < -0.3 is 10.1 Å². The van der Waals surface area contributed by atoms with Crippen LogP contribution < -0.4 is 10.1 Å². The fourth-order valence-electron chi connectivity index (χ4n) is 1.69. The van der Waals surface area contributed by atoms with E-state index in [9.17, 15) is 9.59 Å². The summed E-state index contributed by atoms with van der Waals surface area (Å²) < 4.78 is 6.35. The monoisotopic (exact) mass is 285 g/mol. The van der Waals surface area contributed by atoms with Crippen LogP contribution in [0.1, 0.15) is 26.4 Å². The summed E-state index contributed by atoms with van der Waals surface area (Å²) in [5.74, 6) is 0.174. The standard InChI is InChI=1S/C13H11N5O3/c1-15-13(20)12-9(7-19)6-18(17-12)11-3-10(21-2)8(4-14)5-16-11/h3,5-7H,1-2H3,(H,15,20). The van der Waals surface area contributed by atoms with Crippen molar-refractivity contribution in [2.45, 2.75) is 0 Å². The third kappa shape index (κ3) is 2.57. The Morgan fingerprint density at radius 3 is 2.90 bits per heavy atom. The number of amides is 1. The van der Waals surface area contributed by atoms with Crippen molar-refractivity contribution in [2.75, 3.05) is 14.2 Å². The zero-order valence-electron chi connectivity index (χ0n) is 11.3. The molecule has 21 heavy (non-hydrogen) atoms. The molecular formula is C13H11N5O3. The second kappa shape index (κ2) is 5.83. The molecule has 1 N–H and O–H groups in total. The minimum absolute atomic E-state index is 0.00220. The summed E-state index contributed by atoms with van der Waals surface area (Å²) in [6, 6.07) is 3.44. The van der Waals surface area contributed by atoms with E-state index in [0.717, 1.165) is 0 Å². The normalized spacial score (nSPS) is 9.76. The maximum Gasteiger partial charge on any atom is 0.272 e. The Kier molecular flexibility index (Phi) is 3.95. The highest BCUT2D eigenvalue weighted by molar-refractivity contribution is 5.99. The van der Waals surface area contributed by atoms with Gasteiger partial charge in [0.05, 0.1) is 18.9 Å². The molecule has 0 saturated heterocycles. The smallest absolute Gasteiger partial charge is 0.272 e. The van der Waals surface area contributed by atoms with Crippen molar-refractivity contribution >= 4 is 12.2 Å². The van der Waals surface area contributed by atoms with E-state index in [1.54, 1.807) is 0 Å². The lowest BCUT2D eigenvalue weighted by Gasteiger charge is -2.05. The molecule has 2 aromatic heterocycles. The number of rotatable bonds is 4. The molecule has 0 fully saturated rings. The summed E-state index contributed by atoms with van der Waals surface area (Å²) in [5, 5.41) is 15.3. The lowest BCUT2D eigenvalue weighted by Crippen LogP contribution is -2.20. The number of methoxy groups -OCH3 is 1. The molecule has 0 atom stereocenters. The molecule has 2 rings (SSSR count). The second-order valence-corrected chi connectivity index (χ2v) is 3.93. The average molecular weight is 285 g/mol. The number of nitriles is 1. The topological polar surface area (TPSA) is 110 Å². The molecule has 0 bridgehead atoms. The second-order valence-electron chi connectivity index (χ2n) is 3.93. The number of carbonyl (C=O) groups is 2. The van der Waals surface area contributed by atoms with Crippen molar-refractivity contribution in [3.8, 4) is 17.6 Å². The molecule has 1 amide bonds. The molecule has 0 aromatic carbocycles. The molecule has 2 heterocycles. The Morgan fingerprint density at radius 2 is 2.33 bits per heavy atom. The van der Waals surface area contributed by atoms with Gasteiger partial charge in [0.15, 0.2) is 17.8 Å². The van der Waals surface area contributed by atoms with Gasteiger partial charge in [0.2, 0.25) is 0 Å². The van der Waals surface area contributed by atoms with Gasteiger partial charge in [-0.3, -0.25) is 9.59 Å². The summed E-state index contributed by atoms with van der Waals surface area (Å²) in [7, 11) is 2.87. The van der Waals surface area contributed by atoms with Crippen LogP contribution >= 0.6 is 0 Å². The van der Waals surface area contributed by atoms with E-state index in [1.165, 1.54) is 37.3 Å². The van der Waals surface area contributed by atoms with Crippen LogP contribution in [0.3, 0.4) is 0 Å². The van der Waals surface area contributed by atoms with Crippen molar-refractivity contribution in [1.82, 2.24) is 20.1 Å².